The maximum Gasteiger partial charge on any atom is 0.481 e. The molecule has 238 valence electrons. The molecule has 2 heterocycles. The molecule has 1 aliphatic heterocycles. The second kappa shape index (κ2) is 13.5. The van der Waals surface area contributed by atoms with E-state index in [4.69, 9.17) is 13.8 Å². The normalized spacial score (nSPS) is 22.8. The predicted molar refractivity (Wildman–Crippen MR) is 159 cm³/mol. The van der Waals surface area contributed by atoms with E-state index < -0.39 is 70.1 Å². The third-order valence-corrected chi connectivity index (χ3v) is 9.90. The Morgan fingerprint density at radius 2 is 1.24 bits per heavy atom. The van der Waals surface area contributed by atoms with E-state index in [9.17, 15) is 38.7 Å². The van der Waals surface area contributed by atoms with E-state index in [1.807, 2.05) is 59.6 Å². The number of aliphatic hydroxyl groups is 2. The average Bonchev–Trinajstić information content (AvgIpc) is 3.30. The van der Waals surface area contributed by atoms with Crippen molar-refractivity contribution >= 4 is 15.6 Å². The number of rotatable bonds is 12. The van der Waals surface area contributed by atoms with Gasteiger partial charge in [0.15, 0.2) is 6.23 Å². The number of nitrogens with zero attached hydrogens (tertiary/aromatic N) is 1. The molecule has 6 atom stereocenters. The van der Waals surface area contributed by atoms with Crippen LogP contribution in [-0.2, 0) is 32.6 Å². The second-order valence-electron chi connectivity index (χ2n) is 10.2. The van der Waals surface area contributed by atoms with Crippen LogP contribution in [0.25, 0.3) is 0 Å². The van der Waals surface area contributed by atoms with Crippen molar-refractivity contribution in [3.63, 3.8) is 0 Å². The number of aromatic amines is 1. The Balaban J connectivity index is 1.32. The Bertz CT molecular complexity index is 1710. The van der Waals surface area contributed by atoms with Gasteiger partial charge in [0.1, 0.15) is 18.3 Å². The first kappa shape index (κ1) is 32.9. The van der Waals surface area contributed by atoms with Gasteiger partial charge >= 0.3 is 21.3 Å². The summed E-state index contributed by atoms with van der Waals surface area (Å²) in [5.74, 6) is 0. The van der Waals surface area contributed by atoms with Crippen LogP contribution in [0.2, 0.25) is 0 Å². The minimum atomic E-state index is -5.35. The van der Waals surface area contributed by atoms with Gasteiger partial charge in [-0.25, -0.2) is 13.9 Å². The maximum atomic E-state index is 13.1. The third-order valence-electron chi connectivity index (χ3n) is 7.31. The summed E-state index contributed by atoms with van der Waals surface area (Å²) in [7, 11) is -10.6. The summed E-state index contributed by atoms with van der Waals surface area (Å²) in [6.07, 6.45) is -5.34. The standard InChI is InChI=1S/C29H30N2O12P2/c32-24-16-17-31(28(35)30-24)27-26(34)25(33)23(42-27)18-40-44(36,37)43-45(38,39)41-19-29(20-10-4-1-5-11-20,21-12-6-2-7-13-21)22-14-8-3-9-15-22/h1-17,23,25-27,33-34H,18-19H2,(H,36,37)(H,38,39)(H,30,32,35)/t23-,25-,26-,27-/m1/s1. The first-order valence-electron chi connectivity index (χ1n) is 13.6. The first-order valence-corrected chi connectivity index (χ1v) is 16.6. The van der Waals surface area contributed by atoms with Gasteiger partial charge in [-0.1, -0.05) is 91.0 Å². The number of ether oxygens (including phenoxy) is 1. The molecule has 0 radical (unpaired) electrons. The van der Waals surface area contributed by atoms with Gasteiger partial charge in [0.2, 0.25) is 0 Å². The highest BCUT2D eigenvalue weighted by Crippen LogP contribution is 2.61. The molecular weight excluding hydrogens is 630 g/mol. The van der Waals surface area contributed by atoms with Crippen LogP contribution < -0.4 is 11.2 Å². The summed E-state index contributed by atoms with van der Waals surface area (Å²) in [4.78, 5) is 46.3. The minimum Gasteiger partial charge on any atom is -0.387 e. The molecule has 14 nitrogen and oxygen atoms in total. The fourth-order valence-electron chi connectivity index (χ4n) is 5.17. The number of benzene rings is 3. The van der Waals surface area contributed by atoms with E-state index in [0.717, 1.165) is 16.8 Å². The second-order valence-corrected chi connectivity index (χ2v) is 13.2. The van der Waals surface area contributed by atoms with Crippen molar-refractivity contribution in [2.75, 3.05) is 13.2 Å². The molecule has 3 aromatic carbocycles. The Morgan fingerprint density at radius 1 is 0.756 bits per heavy atom. The quantitative estimate of drug-likeness (QED) is 0.110. The van der Waals surface area contributed by atoms with Crippen LogP contribution in [0.4, 0.5) is 0 Å². The van der Waals surface area contributed by atoms with Crippen LogP contribution in [-0.4, -0.2) is 61.1 Å². The van der Waals surface area contributed by atoms with Gasteiger partial charge in [-0.2, -0.15) is 4.31 Å². The van der Waals surface area contributed by atoms with E-state index in [2.05, 4.69) is 4.31 Å². The largest absolute Gasteiger partial charge is 0.481 e. The van der Waals surface area contributed by atoms with Crippen LogP contribution >= 0.6 is 15.6 Å². The molecule has 16 heteroatoms. The van der Waals surface area contributed by atoms with Crippen molar-refractivity contribution in [2.24, 2.45) is 0 Å². The summed E-state index contributed by atoms with van der Waals surface area (Å²) < 4.78 is 46.9. The highest BCUT2D eigenvalue weighted by Gasteiger charge is 2.47. The molecule has 4 aromatic rings. The van der Waals surface area contributed by atoms with Gasteiger partial charge in [0, 0.05) is 12.3 Å². The minimum absolute atomic E-state index is 0.495. The molecule has 1 aromatic heterocycles. The summed E-state index contributed by atoms with van der Waals surface area (Å²) in [5.41, 5.74) is -0.689. The molecule has 5 N–H and O–H groups in total. The Labute approximate surface area is 256 Å². The lowest BCUT2D eigenvalue weighted by molar-refractivity contribution is -0.0543. The zero-order valence-corrected chi connectivity index (χ0v) is 25.2. The Morgan fingerprint density at radius 3 is 1.73 bits per heavy atom. The van der Waals surface area contributed by atoms with Crippen molar-refractivity contribution in [1.82, 2.24) is 9.55 Å². The summed E-state index contributed by atoms with van der Waals surface area (Å²) in [6, 6.07) is 28.2. The molecule has 0 spiro atoms. The van der Waals surface area contributed by atoms with Gasteiger partial charge in [0.25, 0.3) is 5.56 Å². The SMILES string of the molecule is O=c1ccn([C@@H]2O[C@H](COP(=O)(O)OP(=O)(O)OCC(c3ccccc3)(c3ccccc3)c3ccccc3)[C@@H](O)[C@H]2O)c(=O)[nH]1. The van der Waals surface area contributed by atoms with Crippen LogP contribution in [0.3, 0.4) is 0 Å². The van der Waals surface area contributed by atoms with E-state index in [-0.39, 0.29) is 0 Å². The molecule has 5 rings (SSSR count). The number of hydrogen-bond donors (Lipinski definition) is 5. The zero-order valence-electron chi connectivity index (χ0n) is 23.4. The number of aliphatic hydroxyl groups excluding tert-OH is 2. The molecule has 1 saturated heterocycles. The van der Waals surface area contributed by atoms with Gasteiger partial charge in [-0.05, 0) is 16.7 Å². The molecular formula is C29H30N2O12P2. The van der Waals surface area contributed by atoms with Gasteiger partial charge in [0.05, 0.1) is 18.6 Å². The maximum absolute atomic E-state index is 13.1. The third kappa shape index (κ3) is 7.32. The molecule has 0 saturated carbocycles. The summed E-state index contributed by atoms with van der Waals surface area (Å²) in [5, 5.41) is 20.7. The number of aromatic nitrogens is 2. The molecule has 1 aliphatic rings. The van der Waals surface area contributed by atoms with Gasteiger partial charge in [-0.3, -0.25) is 23.4 Å². The lowest BCUT2D eigenvalue weighted by atomic mass is 9.70. The van der Waals surface area contributed by atoms with Gasteiger partial charge in [-0.15, -0.1) is 0 Å². The number of H-pyrrole nitrogens is 1. The Hall–Kier alpha value is -3.52. The predicted octanol–water partition coefficient (Wildman–Crippen LogP) is 2.44. The van der Waals surface area contributed by atoms with Crippen LogP contribution in [0.5, 0.6) is 0 Å². The smallest absolute Gasteiger partial charge is 0.387 e. The Kier molecular flexibility index (Phi) is 9.83. The van der Waals surface area contributed by atoms with E-state index in [1.165, 1.54) is 0 Å². The van der Waals surface area contributed by atoms with Crippen LogP contribution in [0.1, 0.15) is 22.9 Å². The lowest BCUT2D eigenvalue weighted by Crippen LogP contribution is -2.37. The summed E-state index contributed by atoms with van der Waals surface area (Å²) >= 11 is 0. The lowest BCUT2D eigenvalue weighted by Gasteiger charge is -2.36. The average molecular weight is 661 g/mol. The first-order chi connectivity index (χ1) is 21.4. The highest BCUT2D eigenvalue weighted by molar-refractivity contribution is 7.61. The van der Waals surface area contributed by atoms with Crippen LogP contribution in [0, 0.1) is 0 Å². The van der Waals surface area contributed by atoms with E-state index in [1.54, 1.807) is 36.4 Å². The van der Waals surface area contributed by atoms with E-state index in [0.29, 0.717) is 16.7 Å². The van der Waals surface area contributed by atoms with Crippen molar-refractivity contribution in [1.29, 1.82) is 0 Å². The topological polar surface area (TPSA) is 207 Å². The summed E-state index contributed by atoms with van der Waals surface area (Å²) in [6.45, 7) is -1.40. The molecule has 45 heavy (non-hydrogen) atoms. The highest BCUT2D eigenvalue weighted by atomic mass is 31.3. The number of hydrogen-bond acceptors (Lipinski definition) is 10. The fraction of sp³-hybridized carbons (Fsp3) is 0.241. The fourth-order valence-corrected chi connectivity index (χ4v) is 7.28. The molecule has 0 bridgehead atoms. The zero-order chi connectivity index (χ0) is 32.2. The molecule has 2 unspecified atom stereocenters. The van der Waals surface area contributed by atoms with Crippen LogP contribution in [0.15, 0.2) is 113 Å². The number of nitrogens with one attached hydrogen (secondary N) is 1. The molecule has 1 fully saturated rings. The molecule has 0 aliphatic carbocycles. The van der Waals surface area contributed by atoms with Crippen molar-refractivity contribution in [3.8, 4) is 0 Å². The number of phosphoric acid groups is 2. The number of phosphoric ester groups is 2. The van der Waals surface area contributed by atoms with Gasteiger partial charge < -0.3 is 24.7 Å². The van der Waals surface area contributed by atoms with Crippen molar-refractivity contribution < 1.29 is 47.2 Å². The van der Waals surface area contributed by atoms with Crippen molar-refractivity contribution in [2.45, 2.75) is 30.0 Å². The van der Waals surface area contributed by atoms with Crippen molar-refractivity contribution in [3.05, 3.63) is 141 Å². The monoisotopic (exact) mass is 660 g/mol. The van der Waals surface area contributed by atoms with E-state index >= 15 is 0 Å². The molecule has 0 amide bonds.